The van der Waals surface area contributed by atoms with Gasteiger partial charge < -0.3 is 15.4 Å². The van der Waals surface area contributed by atoms with Crippen molar-refractivity contribution >= 4 is 11.6 Å². The summed E-state index contributed by atoms with van der Waals surface area (Å²) in [6.45, 7) is 3.37. The van der Waals surface area contributed by atoms with Crippen LogP contribution in [0.4, 0.5) is 5.69 Å². The van der Waals surface area contributed by atoms with E-state index in [-0.39, 0.29) is 5.91 Å². The van der Waals surface area contributed by atoms with Gasteiger partial charge in [-0.1, -0.05) is 36.4 Å². The molecule has 0 aliphatic heterocycles. The lowest BCUT2D eigenvalue weighted by Crippen LogP contribution is -2.26. The van der Waals surface area contributed by atoms with Crippen LogP contribution < -0.4 is 15.4 Å². The summed E-state index contributed by atoms with van der Waals surface area (Å²) in [6.07, 6.45) is 2.45. The molecule has 3 aromatic rings. The lowest BCUT2D eigenvalue weighted by Gasteiger charge is -2.09. The van der Waals surface area contributed by atoms with Gasteiger partial charge >= 0.3 is 0 Å². The van der Waals surface area contributed by atoms with Crippen LogP contribution in [0.1, 0.15) is 27.2 Å². The number of amides is 1. The molecule has 0 unspecified atom stereocenters. The third kappa shape index (κ3) is 5.33. The minimum atomic E-state index is -0.168. The largest absolute Gasteiger partial charge is 0.497 e. The molecule has 1 heterocycles. The molecule has 0 aliphatic carbocycles. The third-order valence-corrected chi connectivity index (χ3v) is 4.60. The molecule has 5 heteroatoms. The van der Waals surface area contributed by atoms with Crippen LogP contribution in [0.2, 0.25) is 0 Å². The molecule has 1 amide bonds. The number of hydrogen-bond donors (Lipinski definition) is 2. The standard InChI is InChI=1S/C23H25N3O2/c1-17-5-3-4-6-19(17)15-25-20-9-12-22(26-16-20)23(27)24-14-13-18-7-10-21(28-2)11-8-18/h3-12,16,25H,13-15H2,1-2H3,(H,24,27). The number of rotatable bonds is 8. The number of aryl methyl sites for hydroxylation is 1. The highest BCUT2D eigenvalue weighted by Gasteiger charge is 2.07. The van der Waals surface area contributed by atoms with E-state index in [0.29, 0.717) is 12.2 Å². The van der Waals surface area contributed by atoms with Crippen LogP contribution in [0.3, 0.4) is 0 Å². The maximum atomic E-state index is 12.3. The van der Waals surface area contributed by atoms with Crippen molar-refractivity contribution in [3.63, 3.8) is 0 Å². The first-order valence-electron chi connectivity index (χ1n) is 9.31. The average molecular weight is 375 g/mol. The van der Waals surface area contributed by atoms with E-state index in [0.717, 1.165) is 30.0 Å². The van der Waals surface area contributed by atoms with Gasteiger partial charge in [-0.15, -0.1) is 0 Å². The molecule has 0 saturated heterocycles. The lowest BCUT2D eigenvalue weighted by atomic mass is 10.1. The Morgan fingerprint density at radius 2 is 1.82 bits per heavy atom. The van der Waals surface area contributed by atoms with Crippen molar-refractivity contribution in [1.82, 2.24) is 10.3 Å². The zero-order chi connectivity index (χ0) is 19.8. The summed E-state index contributed by atoms with van der Waals surface area (Å²) in [6, 6.07) is 19.7. The zero-order valence-corrected chi connectivity index (χ0v) is 16.2. The van der Waals surface area contributed by atoms with Crippen molar-refractivity contribution in [3.05, 3.63) is 89.2 Å². The number of methoxy groups -OCH3 is 1. The third-order valence-electron chi connectivity index (χ3n) is 4.60. The summed E-state index contributed by atoms with van der Waals surface area (Å²) in [7, 11) is 1.64. The number of nitrogens with one attached hydrogen (secondary N) is 2. The highest BCUT2D eigenvalue weighted by Crippen LogP contribution is 2.13. The second-order valence-corrected chi connectivity index (χ2v) is 6.57. The van der Waals surface area contributed by atoms with E-state index in [1.54, 1.807) is 19.4 Å². The van der Waals surface area contributed by atoms with Gasteiger partial charge in [-0.05, 0) is 54.3 Å². The molecule has 28 heavy (non-hydrogen) atoms. The molecule has 0 atom stereocenters. The average Bonchev–Trinajstić information content (AvgIpc) is 2.74. The van der Waals surface area contributed by atoms with Gasteiger partial charge in [0.15, 0.2) is 0 Å². The molecule has 5 nitrogen and oxygen atoms in total. The number of benzene rings is 2. The van der Waals surface area contributed by atoms with E-state index in [1.165, 1.54) is 11.1 Å². The van der Waals surface area contributed by atoms with Gasteiger partial charge in [0.05, 0.1) is 19.0 Å². The minimum absolute atomic E-state index is 0.168. The van der Waals surface area contributed by atoms with E-state index < -0.39 is 0 Å². The Labute approximate surface area is 165 Å². The molecule has 0 aliphatic rings. The van der Waals surface area contributed by atoms with Crippen molar-refractivity contribution in [1.29, 1.82) is 0 Å². The Morgan fingerprint density at radius 1 is 1.04 bits per heavy atom. The first-order chi connectivity index (χ1) is 13.7. The highest BCUT2D eigenvalue weighted by atomic mass is 16.5. The van der Waals surface area contributed by atoms with Gasteiger partial charge in [0.2, 0.25) is 0 Å². The van der Waals surface area contributed by atoms with Crippen molar-refractivity contribution < 1.29 is 9.53 Å². The number of ether oxygens (including phenoxy) is 1. The minimum Gasteiger partial charge on any atom is -0.497 e. The van der Waals surface area contributed by atoms with Gasteiger partial charge in [0.1, 0.15) is 11.4 Å². The summed E-state index contributed by atoms with van der Waals surface area (Å²) in [5, 5.41) is 6.25. The van der Waals surface area contributed by atoms with Crippen LogP contribution in [-0.2, 0) is 13.0 Å². The first-order valence-corrected chi connectivity index (χ1v) is 9.31. The smallest absolute Gasteiger partial charge is 0.269 e. The molecule has 1 aromatic heterocycles. The SMILES string of the molecule is COc1ccc(CCNC(=O)c2ccc(NCc3ccccc3C)cn2)cc1. The molecule has 144 valence electrons. The number of aromatic nitrogens is 1. The Morgan fingerprint density at radius 3 is 2.50 bits per heavy atom. The predicted molar refractivity (Wildman–Crippen MR) is 112 cm³/mol. The fraction of sp³-hybridized carbons (Fsp3) is 0.217. The molecular weight excluding hydrogens is 350 g/mol. The highest BCUT2D eigenvalue weighted by molar-refractivity contribution is 5.92. The predicted octanol–water partition coefficient (Wildman–Crippen LogP) is 3.98. The molecule has 2 N–H and O–H groups in total. The monoisotopic (exact) mass is 375 g/mol. The molecule has 2 aromatic carbocycles. The van der Waals surface area contributed by atoms with Crippen LogP contribution in [0.15, 0.2) is 66.9 Å². The van der Waals surface area contributed by atoms with Crippen LogP contribution in [0.5, 0.6) is 5.75 Å². The van der Waals surface area contributed by atoms with Crippen LogP contribution >= 0.6 is 0 Å². The van der Waals surface area contributed by atoms with E-state index in [2.05, 4.69) is 34.7 Å². The molecule has 0 radical (unpaired) electrons. The second kappa shape index (κ2) is 9.55. The van der Waals surface area contributed by atoms with Crippen LogP contribution in [-0.4, -0.2) is 24.5 Å². The van der Waals surface area contributed by atoms with E-state index in [1.807, 2.05) is 42.5 Å². The fourth-order valence-electron chi connectivity index (χ4n) is 2.84. The Kier molecular flexibility index (Phi) is 6.63. The number of pyridine rings is 1. The van der Waals surface area contributed by atoms with Gasteiger partial charge in [0, 0.05) is 13.1 Å². The molecule has 3 rings (SSSR count). The molecule has 0 bridgehead atoms. The maximum Gasteiger partial charge on any atom is 0.269 e. The first kappa shape index (κ1) is 19.4. The van der Waals surface area contributed by atoms with Crippen molar-refractivity contribution in [3.8, 4) is 5.75 Å². The Hall–Kier alpha value is -3.34. The van der Waals surface area contributed by atoms with Crippen molar-refractivity contribution in [2.24, 2.45) is 0 Å². The number of anilines is 1. The number of nitrogens with zero attached hydrogens (tertiary/aromatic N) is 1. The quantitative estimate of drug-likeness (QED) is 0.625. The summed E-state index contributed by atoms with van der Waals surface area (Å²) in [5.74, 6) is 0.659. The van der Waals surface area contributed by atoms with Gasteiger partial charge in [-0.3, -0.25) is 4.79 Å². The lowest BCUT2D eigenvalue weighted by molar-refractivity contribution is 0.0949. The topological polar surface area (TPSA) is 63.2 Å². The van der Waals surface area contributed by atoms with E-state index >= 15 is 0 Å². The summed E-state index contributed by atoms with van der Waals surface area (Å²) >= 11 is 0. The molecule has 0 spiro atoms. The van der Waals surface area contributed by atoms with Crippen molar-refractivity contribution in [2.45, 2.75) is 19.9 Å². The number of carbonyl (C=O) groups is 1. The molecule has 0 fully saturated rings. The number of hydrogen-bond acceptors (Lipinski definition) is 4. The maximum absolute atomic E-state index is 12.3. The van der Waals surface area contributed by atoms with E-state index in [9.17, 15) is 4.79 Å². The van der Waals surface area contributed by atoms with Crippen LogP contribution in [0, 0.1) is 6.92 Å². The van der Waals surface area contributed by atoms with Gasteiger partial charge in [-0.25, -0.2) is 4.98 Å². The summed E-state index contributed by atoms with van der Waals surface area (Å²) in [5.41, 5.74) is 4.93. The Balaban J connectivity index is 1.47. The summed E-state index contributed by atoms with van der Waals surface area (Å²) in [4.78, 5) is 16.5. The van der Waals surface area contributed by atoms with Crippen molar-refractivity contribution in [2.75, 3.05) is 19.0 Å². The molecular formula is C23H25N3O2. The van der Waals surface area contributed by atoms with Gasteiger partial charge in [0.25, 0.3) is 5.91 Å². The second-order valence-electron chi connectivity index (χ2n) is 6.57. The normalized spacial score (nSPS) is 10.4. The van der Waals surface area contributed by atoms with E-state index in [4.69, 9.17) is 4.74 Å². The summed E-state index contributed by atoms with van der Waals surface area (Å²) < 4.78 is 5.14. The van der Waals surface area contributed by atoms with Gasteiger partial charge in [-0.2, -0.15) is 0 Å². The molecule has 0 saturated carbocycles. The Bertz CT molecular complexity index is 906. The number of carbonyl (C=O) groups excluding carboxylic acids is 1. The van der Waals surface area contributed by atoms with Crippen LogP contribution in [0.25, 0.3) is 0 Å². The zero-order valence-electron chi connectivity index (χ0n) is 16.2. The fourth-order valence-corrected chi connectivity index (χ4v) is 2.84.